The van der Waals surface area contributed by atoms with Crippen molar-refractivity contribution in [1.29, 1.82) is 0 Å². The van der Waals surface area contributed by atoms with Gasteiger partial charge in [0, 0.05) is 12.6 Å². The lowest BCUT2D eigenvalue weighted by Crippen LogP contribution is -3.12. The number of nitrogens with one attached hydrogen (secondary N) is 3. The highest BCUT2D eigenvalue weighted by molar-refractivity contribution is 7.89. The largest absolute Gasteiger partial charge is 0.497 e. The molecule has 0 aromatic heterocycles. The number of hydrogen-bond donors (Lipinski definition) is 3. The topological polar surface area (TPSA) is 98.2 Å². The Bertz CT molecular complexity index is 675. The Morgan fingerprint density at radius 2 is 1.81 bits per heavy atom. The monoisotopic (exact) mass is 388 g/mol. The minimum atomic E-state index is -3.43. The number of likely N-dealkylation sites (N-methyl/N-ethyl adjacent to an activating group) is 1. The normalized spacial score (nSPS) is 11.4. The fraction of sp³-hybridized carbons (Fsp3) is 0.588. The molecule has 0 saturated carbocycles. The molecule has 0 unspecified atom stereocenters. The molecule has 0 aliphatic heterocycles. The van der Waals surface area contributed by atoms with E-state index < -0.39 is 15.9 Å². The van der Waals surface area contributed by atoms with E-state index in [1.165, 1.54) is 19.1 Å². The molecule has 8 nitrogen and oxygen atoms in total. The number of rotatable bonds is 12. The lowest BCUT2D eigenvalue weighted by atomic mass is 10.2. The second-order valence-electron chi connectivity index (χ2n) is 5.74. The molecule has 0 aliphatic rings. The van der Waals surface area contributed by atoms with Gasteiger partial charge in [-0.25, -0.2) is 13.1 Å². The molecule has 1 amide bonds. The molecule has 1 rings (SSSR count). The molecular weight excluding hydrogens is 358 g/mol. The summed E-state index contributed by atoms with van der Waals surface area (Å²) in [5.41, 5.74) is 0.323. The van der Waals surface area contributed by atoms with Gasteiger partial charge < -0.3 is 19.7 Å². The van der Waals surface area contributed by atoms with Crippen LogP contribution in [0.1, 0.15) is 24.2 Å². The predicted octanol–water partition coefficient (Wildman–Crippen LogP) is -0.722. The fourth-order valence-corrected chi connectivity index (χ4v) is 3.37. The summed E-state index contributed by atoms with van der Waals surface area (Å²) in [6, 6.07) is 4.82. The molecule has 0 spiro atoms. The zero-order valence-electron chi connectivity index (χ0n) is 15.9. The molecule has 26 heavy (non-hydrogen) atoms. The summed E-state index contributed by atoms with van der Waals surface area (Å²) in [5, 5.41) is 2.60. The number of quaternary nitrogens is 1. The average molecular weight is 389 g/mol. The SMILES string of the molecule is CC[NH+](CC)CCNS(=O)(=O)CCNC(=O)c1ccc(OC)cc1OC. The molecule has 3 N–H and O–H groups in total. The Morgan fingerprint density at radius 1 is 1.12 bits per heavy atom. The van der Waals surface area contributed by atoms with Gasteiger partial charge in [0.25, 0.3) is 5.91 Å². The molecule has 9 heteroatoms. The third-order valence-electron chi connectivity index (χ3n) is 4.11. The van der Waals surface area contributed by atoms with Crippen molar-refractivity contribution in [3.8, 4) is 11.5 Å². The van der Waals surface area contributed by atoms with Gasteiger partial charge >= 0.3 is 0 Å². The molecule has 0 saturated heterocycles. The summed E-state index contributed by atoms with van der Waals surface area (Å²) in [7, 11) is -0.449. The van der Waals surface area contributed by atoms with E-state index in [1.807, 2.05) is 0 Å². The van der Waals surface area contributed by atoms with Gasteiger partial charge in [0.2, 0.25) is 10.0 Å². The minimum absolute atomic E-state index is 0.0154. The van der Waals surface area contributed by atoms with E-state index in [9.17, 15) is 13.2 Å². The van der Waals surface area contributed by atoms with Crippen molar-refractivity contribution < 1.29 is 27.6 Å². The molecule has 1 aromatic rings. The molecule has 0 aliphatic carbocycles. The predicted molar refractivity (Wildman–Crippen MR) is 101 cm³/mol. The van der Waals surface area contributed by atoms with Crippen LogP contribution in [0.15, 0.2) is 18.2 Å². The Morgan fingerprint density at radius 3 is 2.38 bits per heavy atom. The molecule has 1 aromatic carbocycles. The van der Waals surface area contributed by atoms with Gasteiger partial charge in [0.05, 0.1) is 51.7 Å². The van der Waals surface area contributed by atoms with E-state index in [-0.39, 0.29) is 12.3 Å². The van der Waals surface area contributed by atoms with Crippen LogP contribution in [0.4, 0.5) is 0 Å². The van der Waals surface area contributed by atoms with Crippen LogP contribution in [0, 0.1) is 0 Å². The van der Waals surface area contributed by atoms with Crippen molar-refractivity contribution in [2.75, 3.05) is 52.7 Å². The first-order chi connectivity index (χ1) is 12.4. The number of benzene rings is 1. The van der Waals surface area contributed by atoms with Crippen molar-refractivity contribution in [2.24, 2.45) is 0 Å². The van der Waals surface area contributed by atoms with Crippen LogP contribution >= 0.6 is 0 Å². The maximum atomic E-state index is 12.2. The van der Waals surface area contributed by atoms with Crippen molar-refractivity contribution in [2.45, 2.75) is 13.8 Å². The number of hydrogen-bond acceptors (Lipinski definition) is 5. The number of carbonyl (C=O) groups is 1. The smallest absolute Gasteiger partial charge is 0.255 e. The number of sulfonamides is 1. The van der Waals surface area contributed by atoms with E-state index in [0.717, 1.165) is 19.6 Å². The van der Waals surface area contributed by atoms with E-state index in [1.54, 1.807) is 18.2 Å². The van der Waals surface area contributed by atoms with Crippen molar-refractivity contribution in [3.05, 3.63) is 23.8 Å². The van der Waals surface area contributed by atoms with Crippen LogP contribution in [-0.4, -0.2) is 67.0 Å². The highest BCUT2D eigenvalue weighted by Gasteiger charge is 2.15. The first kappa shape index (κ1) is 22.2. The fourth-order valence-electron chi connectivity index (χ4n) is 2.44. The molecule has 0 atom stereocenters. The van der Waals surface area contributed by atoms with Crippen LogP contribution in [0.5, 0.6) is 11.5 Å². The van der Waals surface area contributed by atoms with Crippen LogP contribution in [0.3, 0.4) is 0 Å². The second kappa shape index (κ2) is 11.0. The maximum Gasteiger partial charge on any atom is 0.255 e. The highest BCUT2D eigenvalue weighted by atomic mass is 32.2. The third-order valence-corrected chi connectivity index (χ3v) is 5.50. The zero-order valence-corrected chi connectivity index (χ0v) is 16.7. The van der Waals surface area contributed by atoms with E-state index in [0.29, 0.717) is 23.6 Å². The summed E-state index contributed by atoms with van der Waals surface area (Å²) < 4.78 is 36.8. The Balaban J connectivity index is 2.50. The summed E-state index contributed by atoms with van der Waals surface area (Å²) >= 11 is 0. The summed E-state index contributed by atoms with van der Waals surface area (Å²) in [5.74, 6) is 0.364. The van der Waals surface area contributed by atoms with Crippen molar-refractivity contribution in [3.63, 3.8) is 0 Å². The quantitative estimate of drug-likeness (QED) is 0.439. The minimum Gasteiger partial charge on any atom is -0.497 e. The molecule has 148 valence electrons. The first-order valence-corrected chi connectivity index (χ1v) is 10.3. The van der Waals surface area contributed by atoms with E-state index >= 15 is 0 Å². The van der Waals surface area contributed by atoms with Crippen molar-refractivity contribution >= 4 is 15.9 Å². The standard InChI is InChI=1S/C17H29N3O5S/c1-5-20(6-2)11-9-19-26(22,23)12-10-18-17(21)15-8-7-14(24-3)13-16(15)25-4/h7-8,13,19H,5-6,9-12H2,1-4H3,(H,18,21)/p+1. The lowest BCUT2D eigenvalue weighted by molar-refractivity contribution is -0.895. The van der Waals surface area contributed by atoms with Crippen molar-refractivity contribution in [1.82, 2.24) is 10.0 Å². The molecule has 0 radical (unpaired) electrons. The lowest BCUT2D eigenvalue weighted by Gasteiger charge is -2.15. The molecule has 0 heterocycles. The first-order valence-electron chi connectivity index (χ1n) is 8.68. The summed E-state index contributed by atoms with van der Waals surface area (Å²) in [6.45, 7) is 7.19. The van der Waals surface area contributed by atoms with Gasteiger partial charge in [-0.05, 0) is 26.0 Å². The summed E-state index contributed by atoms with van der Waals surface area (Å²) in [6.07, 6.45) is 0. The number of carbonyl (C=O) groups excluding carboxylic acids is 1. The number of amides is 1. The van der Waals surface area contributed by atoms with Gasteiger partial charge in [0.15, 0.2) is 0 Å². The van der Waals surface area contributed by atoms with E-state index in [2.05, 4.69) is 23.9 Å². The van der Waals surface area contributed by atoms with Gasteiger partial charge in [-0.1, -0.05) is 0 Å². The van der Waals surface area contributed by atoms with Crippen LogP contribution in [0.25, 0.3) is 0 Å². The van der Waals surface area contributed by atoms with Gasteiger partial charge in [-0.3, -0.25) is 4.79 Å². The molecule has 0 fully saturated rings. The third kappa shape index (κ3) is 7.19. The zero-order chi connectivity index (χ0) is 19.6. The van der Waals surface area contributed by atoms with Crippen LogP contribution < -0.4 is 24.4 Å². The van der Waals surface area contributed by atoms with E-state index in [4.69, 9.17) is 9.47 Å². The summed E-state index contributed by atoms with van der Waals surface area (Å²) in [4.78, 5) is 13.6. The Hall–Kier alpha value is -1.84. The maximum absolute atomic E-state index is 12.2. The average Bonchev–Trinajstić information content (AvgIpc) is 2.64. The molecule has 0 bridgehead atoms. The number of methoxy groups -OCH3 is 2. The molecular formula is C17H30N3O5S+. The number of ether oxygens (including phenoxy) is 2. The van der Waals surface area contributed by atoms with Crippen LogP contribution in [0.2, 0.25) is 0 Å². The highest BCUT2D eigenvalue weighted by Crippen LogP contribution is 2.24. The van der Waals surface area contributed by atoms with Gasteiger partial charge in [0.1, 0.15) is 11.5 Å². The Kier molecular flexibility index (Phi) is 9.39. The Labute approximate surface area is 155 Å². The van der Waals surface area contributed by atoms with Gasteiger partial charge in [-0.15, -0.1) is 0 Å². The van der Waals surface area contributed by atoms with Crippen LogP contribution in [-0.2, 0) is 10.0 Å². The van der Waals surface area contributed by atoms with Gasteiger partial charge in [-0.2, -0.15) is 0 Å². The second-order valence-corrected chi connectivity index (χ2v) is 7.67.